The van der Waals surface area contributed by atoms with E-state index in [2.05, 4.69) is 33.1 Å². The van der Waals surface area contributed by atoms with Crippen LogP contribution in [0.25, 0.3) is 11.0 Å². The smallest absolute Gasteiger partial charge is 0.251 e. The van der Waals surface area contributed by atoms with E-state index < -0.39 is 0 Å². The lowest BCUT2D eigenvalue weighted by molar-refractivity contribution is 0.0952. The number of rotatable bonds is 6. The number of nitrogens with one attached hydrogen (secondary N) is 2. The van der Waals surface area contributed by atoms with Crippen molar-refractivity contribution >= 4 is 16.9 Å². The number of fused-ring (bicyclic) bond motifs is 1. The van der Waals surface area contributed by atoms with Gasteiger partial charge >= 0.3 is 0 Å². The van der Waals surface area contributed by atoms with E-state index >= 15 is 0 Å². The maximum atomic E-state index is 12.3. The standard InChI is InChI=1S/C21H25N5O/c27-21(17-10-8-16(9-11-17)18-5-3-12-22-15-18)23-13-4-14-26-20-7-2-1-6-19(20)24-25-26/h1-2,6-11,18,22H,3-5,12-15H2,(H,23,27). The van der Waals surface area contributed by atoms with Crippen molar-refractivity contribution < 1.29 is 4.79 Å². The molecule has 0 aliphatic carbocycles. The largest absolute Gasteiger partial charge is 0.352 e. The fraction of sp³-hybridized carbons (Fsp3) is 0.381. The molecule has 0 radical (unpaired) electrons. The van der Waals surface area contributed by atoms with Crippen LogP contribution >= 0.6 is 0 Å². The van der Waals surface area contributed by atoms with Gasteiger partial charge in [0, 0.05) is 25.2 Å². The molecule has 1 aromatic heterocycles. The Hall–Kier alpha value is -2.73. The van der Waals surface area contributed by atoms with Gasteiger partial charge in [-0.1, -0.05) is 29.5 Å². The van der Waals surface area contributed by atoms with Crippen molar-refractivity contribution in [2.75, 3.05) is 19.6 Å². The summed E-state index contributed by atoms with van der Waals surface area (Å²) in [6.07, 6.45) is 3.24. The summed E-state index contributed by atoms with van der Waals surface area (Å²) in [5.74, 6) is 0.542. The third kappa shape index (κ3) is 4.17. The number of carbonyl (C=O) groups excluding carboxylic acids is 1. The van der Waals surface area contributed by atoms with Gasteiger partial charge in [-0.3, -0.25) is 4.79 Å². The molecule has 2 N–H and O–H groups in total. The summed E-state index contributed by atoms with van der Waals surface area (Å²) in [7, 11) is 0. The van der Waals surface area contributed by atoms with Gasteiger partial charge in [-0.25, -0.2) is 4.68 Å². The summed E-state index contributed by atoms with van der Waals surface area (Å²) < 4.78 is 1.88. The Labute approximate surface area is 159 Å². The van der Waals surface area contributed by atoms with Crippen LogP contribution in [0.3, 0.4) is 0 Å². The van der Waals surface area contributed by atoms with Crippen molar-refractivity contribution in [1.82, 2.24) is 25.6 Å². The van der Waals surface area contributed by atoms with Crippen LogP contribution in [0.1, 0.15) is 41.1 Å². The van der Waals surface area contributed by atoms with E-state index in [1.165, 1.54) is 18.4 Å². The summed E-state index contributed by atoms with van der Waals surface area (Å²) in [6.45, 7) is 3.49. The van der Waals surface area contributed by atoms with Gasteiger partial charge < -0.3 is 10.6 Å². The monoisotopic (exact) mass is 363 g/mol. The van der Waals surface area contributed by atoms with Gasteiger partial charge in [0.15, 0.2) is 0 Å². The molecule has 0 saturated carbocycles. The zero-order valence-electron chi connectivity index (χ0n) is 15.4. The number of aryl methyl sites for hydroxylation is 1. The average molecular weight is 363 g/mol. The van der Waals surface area contributed by atoms with E-state index in [1.54, 1.807) is 0 Å². The Morgan fingerprint density at radius 2 is 2.04 bits per heavy atom. The maximum absolute atomic E-state index is 12.3. The molecule has 4 rings (SSSR count). The summed E-state index contributed by atoms with van der Waals surface area (Å²) in [6, 6.07) is 16.0. The van der Waals surface area contributed by atoms with Crippen molar-refractivity contribution in [2.45, 2.75) is 31.7 Å². The van der Waals surface area contributed by atoms with Crippen LogP contribution in [-0.2, 0) is 6.54 Å². The first-order valence-corrected chi connectivity index (χ1v) is 9.68. The molecule has 1 saturated heterocycles. The molecule has 1 atom stereocenters. The van der Waals surface area contributed by atoms with E-state index in [-0.39, 0.29) is 5.91 Å². The summed E-state index contributed by atoms with van der Waals surface area (Å²) in [4.78, 5) is 12.3. The molecule has 2 aromatic carbocycles. The second kappa shape index (κ2) is 8.31. The molecule has 1 aliphatic heterocycles. The third-order valence-electron chi connectivity index (χ3n) is 5.19. The molecule has 27 heavy (non-hydrogen) atoms. The highest BCUT2D eigenvalue weighted by Crippen LogP contribution is 2.23. The summed E-state index contributed by atoms with van der Waals surface area (Å²) in [5.41, 5.74) is 3.96. The van der Waals surface area contributed by atoms with Crippen LogP contribution in [0, 0.1) is 0 Å². The molecule has 140 valence electrons. The van der Waals surface area contributed by atoms with Gasteiger partial charge in [-0.2, -0.15) is 0 Å². The highest BCUT2D eigenvalue weighted by molar-refractivity contribution is 5.94. The number of hydrogen-bond donors (Lipinski definition) is 2. The molecule has 1 aliphatic rings. The second-order valence-electron chi connectivity index (χ2n) is 7.08. The normalized spacial score (nSPS) is 17.1. The minimum Gasteiger partial charge on any atom is -0.352 e. The number of para-hydroxylation sites is 1. The quantitative estimate of drug-likeness (QED) is 0.661. The Balaban J connectivity index is 1.26. The molecule has 3 aromatic rings. The zero-order chi connectivity index (χ0) is 18.5. The minimum absolute atomic E-state index is 0.0215. The molecule has 0 spiro atoms. The van der Waals surface area contributed by atoms with Gasteiger partial charge in [0.1, 0.15) is 5.52 Å². The molecular formula is C21H25N5O. The molecule has 6 nitrogen and oxygen atoms in total. The molecule has 1 amide bonds. The Morgan fingerprint density at radius 1 is 1.19 bits per heavy atom. The minimum atomic E-state index is -0.0215. The van der Waals surface area contributed by atoms with E-state index in [4.69, 9.17) is 0 Å². The number of hydrogen-bond acceptors (Lipinski definition) is 4. The summed E-state index contributed by atoms with van der Waals surface area (Å²) >= 11 is 0. The van der Waals surface area contributed by atoms with Crippen LogP contribution in [-0.4, -0.2) is 40.5 Å². The molecule has 0 bridgehead atoms. The maximum Gasteiger partial charge on any atom is 0.251 e. The van der Waals surface area contributed by atoms with Crippen LogP contribution < -0.4 is 10.6 Å². The van der Waals surface area contributed by atoms with E-state index in [0.717, 1.165) is 37.1 Å². The number of amides is 1. The lowest BCUT2D eigenvalue weighted by Crippen LogP contribution is -2.28. The predicted octanol–water partition coefficient (Wildman–Crippen LogP) is 2.72. The summed E-state index contributed by atoms with van der Waals surface area (Å²) in [5, 5.41) is 14.8. The van der Waals surface area contributed by atoms with Crippen molar-refractivity contribution in [3.05, 3.63) is 59.7 Å². The van der Waals surface area contributed by atoms with Crippen molar-refractivity contribution in [1.29, 1.82) is 0 Å². The number of nitrogens with zero attached hydrogens (tertiary/aromatic N) is 3. The van der Waals surface area contributed by atoms with Gasteiger partial charge in [-0.05, 0) is 61.6 Å². The van der Waals surface area contributed by atoms with Crippen molar-refractivity contribution in [2.24, 2.45) is 0 Å². The van der Waals surface area contributed by atoms with Crippen LogP contribution in [0.2, 0.25) is 0 Å². The lowest BCUT2D eigenvalue weighted by atomic mass is 9.91. The first-order chi connectivity index (χ1) is 13.3. The zero-order valence-corrected chi connectivity index (χ0v) is 15.4. The van der Waals surface area contributed by atoms with Crippen LogP contribution in [0.15, 0.2) is 48.5 Å². The molecule has 1 fully saturated rings. The number of piperidine rings is 1. The average Bonchev–Trinajstić information content (AvgIpc) is 3.15. The van der Waals surface area contributed by atoms with Crippen LogP contribution in [0.5, 0.6) is 0 Å². The van der Waals surface area contributed by atoms with Gasteiger partial charge in [0.25, 0.3) is 5.91 Å². The van der Waals surface area contributed by atoms with Gasteiger partial charge in [-0.15, -0.1) is 5.10 Å². The Kier molecular flexibility index (Phi) is 5.44. The first-order valence-electron chi connectivity index (χ1n) is 9.68. The van der Waals surface area contributed by atoms with E-state index in [9.17, 15) is 4.79 Å². The number of aromatic nitrogens is 3. The van der Waals surface area contributed by atoms with Gasteiger partial charge in [0.05, 0.1) is 5.52 Å². The third-order valence-corrected chi connectivity index (χ3v) is 5.19. The van der Waals surface area contributed by atoms with Crippen molar-refractivity contribution in [3.8, 4) is 0 Å². The van der Waals surface area contributed by atoms with E-state index in [0.29, 0.717) is 18.0 Å². The fourth-order valence-corrected chi connectivity index (χ4v) is 3.66. The predicted molar refractivity (Wildman–Crippen MR) is 106 cm³/mol. The molecule has 2 heterocycles. The molecule has 6 heteroatoms. The van der Waals surface area contributed by atoms with Crippen LogP contribution in [0.4, 0.5) is 0 Å². The molecular weight excluding hydrogens is 338 g/mol. The van der Waals surface area contributed by atoms with Gasteiger partial charge in [0.2, 0.25) is 0 Å². The SMILES string of the molecule is O=C(NCCCn1nnc2ccccc21)c1ccc(C2CCCNC2)cc1. The number of benzene rings is 2. The second-order valence-corrected chi connectivity index (χ2v) is 7.08. The lowest BCUT2D eigenvalue weighted by Gasteiger charge is -2.23. The highest BCUT2D eigenvalue weighted by Gasteiger charge is 2.15. The topological polar surface area (TPSA) is 71.8 Å². The van der Waals surface area contributed by atoms with Crippen molar-refractivity contribution in [3.63, 3.8) is 0 Å². The highest BCUT2D eigenvalue weighted by atomic mass is 16.1. The fourth-order valence-electron chi connectivity index (χ4n) is 3.66. The first kappa shape index (κ1) is 17.7. The van der Waals surface area contributed by atoms with E-state index in [1.807, 2.05) is 41.1 Å². The molecule has 1 unspecified atom stereocenters. The Bertz CT molecular complexity index is 896. The number of carbonyl (C=O) groups is 1. The Morgan fingerprint density at radius 3 is 2.85 bits per heavy atom.